The highest BCUT2D eigenvalue weighted by Crippen LogP contribution is 2.26. The Morgan fingerprint density at radius 2 is 1.74 bits per heavy atom. The normalized spacial score (nSPS) is 10.9. The second-order valence-electron chi connectivity index (χ2n) is 6.17. The van der Waals surface area contributed by atoms with Crippen LogP contribution in [0.4, 0.5) is 21.2 Å². The highest BCUT2D eigenvalue weighted by atomic mass is 32.2. The predicted octanol–water partition coefficient (Wildman–Crippen LogP) is 1.00. The quantitative estimate of drug-likeness (QED) is 0.381. The van der Waals surface area contributed by atoms with Crippen molar-refractivity contribution < 1.29 is 27.5 Å². The summed E-state index contributed by atoms with van der Waals surface area (Å²) in [5, 5.41) is 6.85. The van der Waals surface area contributed by atoms with Crippen molar-refractivity contribution in [1.82, 2.24) is 15.0 Å². The molecule has 0 aliphatic carbocycles. The molecule has 14 heteroatoms. The van der Waals surface area contributed by atoms with E-state index in [2.05, 4.69) is 20.9 Å². The van der Waals surface area contributed by atoms with Gasteiger partial charge in [-0.15, -0.1) is 11.3 Å². The number of rotatable bonds is 8. The molecule has 31 heavy (non-hydrogen) atoms. The number of thiophene rings is 1. The Bertz CT molecular complexity index is 1100. The smallest absolute Gasteiger partial charge is 0.334 e. The van der Waals surface area contributed by atoms with Crippen LogP contribution in [0.15, 0.2) is 22.4 Å². The number of ether oxygens (including phenoxy) is 1. The van der Waals surface area contributed by atoms with Crippen molar-refractivity contribution in [1.29, 1.82) is 0 Å². The number of primary amides is 1. The minimum Gasteiger partial charge on any atom is -0.384 e. The third-order valence-corrected chi connectivity index (χ3v) is 6.94. The monoisotopic (exact) mass is 470 g/mol. The summed E-state index contributed by atoms with van der Waals surface area (Å²) in [5.41, 5.74) is 5.96. The number of nitrogens with one attached hydrogen (secondary N) is 4. The number of methoxy groups -OCH3 is 1. The first-order valence-corrected chi connectivity index (χ1v) is 11.1. The van der Waals surface area contributed by atoms with Gasteiger partial charge in [-0.05, 0) is 30.7 Å². The van der Waals surface area contributed by atoms with Crippen molar-refractivity contribution in [2.75, 3.05) is 31.4 Å². The van der Waals surface area contributed by atoms with Crippen LogP contribution in [0.5, 0.6) is 0 Å². The molecule has 0 saturated heterocycles. The topological polar surface area (TPSA) is 182 Å². The molecular formula is C17H22N6O6S2. The summed E-state index contributed by atoms with van der Waals surface area (Å²) >= 11 is 1.03. The van der Waals surface area contributed by atoms with Gasteiger partial charge in [0, 0.05) is 31.0 Å². The average Bonchev–Trinajstić information content (AvgIpc) is 3.07. The number of urea groups is 2. The van der Waals surface area contributed by atoms with E-state index < -0.39 is 28.0 Å². The van der Waals surface area contributed by atoms with Crippen LogP contribution in [0, 0.1) is 6.92 Å². The van der Waals surface area contributed by atoms with Gasteiger partial charge in [0.2, 0.25) is 5.91 Å². The van der Waals surface area contributed by atoms with Gasteiger partial charge in [0.15, 0.2) is 0 Å². The van der Waals surface area contributed by atoms with E-state index >= 15 is 0 Å². The summed E-state index contributed by atoms with van der Waals surface area (Å²) in [7, 11) is -1.23. The highest BCUT2D eigenvalue weighted by molar-refractivity contribution is 7.92. The Hall–Kier alpha value is -3.23. The van der Waals surface area contributed by atoms with E-state index in [1.165, 1.54) is 19.2 Å². The van der Waals surface area contributed by atoms with Gasteiger partial charge in [-0.1, -0.05) is 0 Å². The summed E-state index contributed by atoms with van der Waals surface area (Å²) in [5.74, 6) is -1.11. The number of amides is 5. The van der Waals surface area contributed by atoms with Gasteiger partial charge in [0.1, 0.15) is 15.8 Å². The number of carbonyl (C=O) groups excluding carboxylic acids is 3. The van der Waals surface area contributed by atoms with Crippen molar-refractivity contribution in [3.05, 3.63) is 34.2 Å². The summed E-state index contributed by atoms with van der Waals surface area (Å²) in [6.45, 7) is 2.20. The summed E-state index contributed by atoms with van der Waals surface area (Å²) < 4.78 is 31.9. The van der Waals surface area contributed by atoms with E-state index in [9.17, 15) is 22.8 Å². The largest absolute Gasteiger partial charge is 0.384 e. The maximum Gasteiger partial charge on any atom is 0.334 e. The van der Waals surface area contributed by atoms with Crippen molar-refractivity contribution in [2.24, 2.45) is 5.73 Å². The van der Waals surface area contributed by atoms with Gasteiger partial charge in [-0.3, -0.25) is 15.4 Å². The minimum atomic E-state index is -4.15. The van der Waals surface area contributed by atoms with E-state index in [1.807, 2.05) is 4.72 Å². The lowest BCUT2D eigenvalue weighted by Gasteiger charge is -2.10. The van der Waals surface area contributed by atoms with Crippen LogP contribution in [-0.2, 0) is 21.2 Å². The molecular weight excluding hydrogens is 448 g/mol. The molecule has 2 aromatic heterocycles. The number of hydrogen-bond donors (Lipinski definition) is 5. The number of aromatic nitrogens is 1. The number of aryl methyl sites for hydroxylation is 1. The lowest BCUT2D eigenvalue weighted by atomic mass is 10.2. The maximum atomic E-state index is 12.5. The van der Waals surface area contributed by atoms with Crippen LogP contribution >= 0.6 is 11.3 Å². The first kappa shape index (κ1) is 24.0. The number of nitrogens with two attached hydrogens (primary N) is 1. The molecule has 2 heterocycles. The molecule has 0 saturated carbocycles. The Morgan fingerprint density at radius 3 is 2.29 bits per heavy atom. The summed E-state index contributed by atoms with van der Waals surface area (Å²) in [6, 6.07) is 2.08. The molecule has 0 unspecified atom stereocenters. The molecule has 168 valence electrons. The molecule has 0 radical (unpaired) electrons. The third-order valence-electron chi connectivity index (χ3n) is 3.84. The van der Waals surface area contributed by atoms with Gasteiger partial charge in [0.25, 0.3) is 10.0 Å². The second kappa shape index (κ2) is 10.2. The van der Waals surface area contributed by atoms with Crippen molar-refractivity contribution >= 4 is 51.0 Å². The lowest BCUT2D eigenvalue weighted by molar-refractivity contribution is 0.1000. The van der Waals surface area contributed by atoms with Crippen LogP contribution in [0.2, 0.25) is 0 Å². The first-order valence-electron chi connectivity index (χ1n) is 8.78. The zero-order chi connectivity index (χ0) is 23.2. The zero-order valence-electron chi connectivity index (χ0n) is 16.9. The molecule has 0 aliphatic heterocycles. The van der Waals surface area contributed by atoms with E-state index in [0.29, 0.717) is 13.0 Å². The molecule has 0 fully saturated rings. The van der Waals surface area contributed by atoms with Crippen LogP contribution < -0.4 is 26.4 Å². The number of pyridine rings is 1. The fourth-order valence-corrected chi connectivity index (χ4v) is 4.84. The molecule has 12 nitrogen and oxygen atoms in total. The van der Waals surface area contributed by atoms with Crippen LogP contribution in [0.3, 0.4) is 0 Å². The molecule has 2 rings (SSSR count). The van der Waals surface area contributed by atoms with Gasteiger partial charge < -0.3 is 15.8 Å². The van der Waals surface area contributed by atoms with Gasteiger partial charge in [-0.2, -0.15) is 0 Å². The predicted molar refractivity (Wildman–Crippen MR) is 115 cm³/mol. The van der Waals surface area contributed by atoms with E-state index in [-0.39, 0.29) is 21.4 Å². The van der Waals surface area contributed by atoms with Crippen LogP contribution in [0.1, 0.15) is 20.8 Å². The fourth-order valence-electron chi connectivity index (χ4n) is 2.36. The van der Waals surface area contributed by atoms with Crippen LogP contribution in [-0.4, -0.2) is 52.1 Å². The Kier molecular flexibility index (Phi) is 7.90. The van der Waals surface area contributed by atoms with Gasteiger partial charge in [0.05, 0.1) is 6.61 Å². The molecule has 0 aliphatic rings. The molecule has 5 amide bonds. The number of hydrogen-bond acceptors (Lipinski definition) is 8. The number of carbonyl (C=O) groups is 3. The SMILES string of the molecule is CNC(=O)Nc1cc(C(N)=O)cc(NC(=O)NS(=O)(=O)c2cc(C)c(CCOC)s2)n1. The molecule has 6 N–H and O–H groups in total. The fraction of sp³-hybridized carbons (Fsp3) is 0.294. The van der Waals surface area contributed by atoms with Crippen molar-refractivity contribution in [3.63, 3.8) is 0 Å². The zero-order valence-corrected chi connectivity index (χ0v) is 18.6. The van der Waals surface area contributed by atoms with Crippen molar-refractivity contribution in [2.45, 2.75) is 17.6 Å². The first-order chi connectivity index (χ1) is 14.6. The summed E-state index contributed by atoms with van der Waals surface area (Å²) in [4.78, 5) is 40.0. The molecule has 0 aromatic carbocycles. The average molecular weight is 471 g/mol. The number of sulfonamides is 1. The Labute approximate surface area is 182 Å². The van der Waals surface area contributed by atoms with Gasteiger partial charge >= 0.3 is 12.1 Å². The van der Waals surface area contributed by atoms with Crippen LogP contribution in [0.25, 0.3) is 0 Å². The van der Waals surface area contributed by atoms with Gasteiger partial charge in [-0.25, -0.2) is 27.7 Å². The summed E-state index contributed by atoms with van der Waals surface area (Å²) in [6.07, 6.45) is 0.541. The number of nitrogens with zero attached hydrogens (tertiary/aromatic N) is 1. The maximum absolute atomic E-state index is 12.5. The molecule has 0 bridgehead atoms. The third kappa shape index (κ3) is 6.63. The highest BCUT2D eigenvalue weighted by Gasteiger charge is 2.22. The molecule has 0 atom stereocenters. The number of anilines is 2. The Morgan fingerprint density at radius 1 is 1.13 bits per heavy atom. The lowest BCUT2D eigenvalue weighted by Crippen LogP contribution is -2.34. The molecule has 2 aromatic rings. The molecule has 0 spiro atoms. The van der Waals surface area contributed by atoms with E-state index in [4.69, 9.17) is 10.5 Å². The minimum absolute atomic E-state index is 0.0351. The second-order valence-corrected chi connectivity index (χ2v) is 9.21. The van der Waals surface area contributed by atoms with Crippen molar-refractivity contribution in [3.8, 4) is 0 Å². The van der Waals surface area contributed by atoms with E-state index in [0.717, 1.165) is 27.8 Å². The Balaban J connectivity index is 2.19. The standard InChI is InChI=1S/C17H22N6O6S2/c1-9-6-14(30-11(9)4-5-29-3)31(27,28)23-17(26)22-13-8-10(15(18)24)7-12(20-13)21-16(25)19-2/h6-8H,4-5H2,1-3H3,(H2,18,24)(H4,19,20,21,22,23,25,26). The van der Waals surface area contributed by atoms with E-state index in [1.54, 1.807) is 14.0 Å².